The minimum absolute atomic E-state index is 0.0283. The Bertz CT molecular complexity index is 1170. The van der Waals surface area contributed by atoms with Crippen LogP contribution in [-0.4, -0.2) is 66.2 Å². The van der Waals surface area contributed by atoms with E-state index in [1.807, 2.05) is 25.3 Å². The lowest BCUT2D eigenvalue weighted by Gasteiger charge is -2.57. The molecule has 1 aliphatic heterocycles. The Kier molecular flexibility index (Phi) is 8.83. The molecular formula is C32H42Cl2N2O3. The predicted octanol–water partition coefficient (Wildman–Crippen LogP) is 6.57. The van der Waals surface area contributed by atoms with Gasteiger partial charge in [0, 0.05) is 44.1 Å². The summed E-state index contributed by atoms with van der Waals surface area (Å²) in [5.74, 6) is 1.89. The fourth-order valence-corrected chi connectivity index (χ4v) is 7.47. The van der Waals surface area contributed by atoms with Gasteiger partial charge >= 0.3 is 0 Å². The van der Waals surface area contributed by atoms with Crippen LogP contribution in [0.15, 0.2) is 42.5 Å². The summed E-state index contributed by atoms with van der Waals surface area (Å²) in [4.78, 5) is 18.7. The lowest BCUT2D eigenvalue weighted by atomic mass is 9.56. The third-order valence-corrected chi connectivity index (χ3v) is 9.93. The van der Waals surface area contributed by atoms with Gasteiger partial charge in [0.1, 0.15) is 5.75 Å². The van der Waals surface area contributed by atoms with Crippen molar-refractivity contribution >= 4 is 29.1 Å². The summed E-state index contributed by atoms with van der Waals surface area (Å²) in [7, 11) is 1.82. The van der Waals surface area contributed by atoms with E-state index >= 15 is 0 Å². The van der Waals surface area contributed by atoms with E-state index in [2.05, 4.69) is 29.7 Å². The van der Waals surface area contributed by atoms with Gasteiger partial charge in [0.25, 0.3) is 0 Å². The highest BCUT2D eigenvalue weighted by atomic mass is 35.5. The Labute approximate surface area is 243 Å². The second-order valence-electron chi connectivity index (χ2n) is 12.5. The number of amides is 1. The third-order valence-electron chi connectivity index (χ3n) is 9.19. The van der Waals surface area contributed by atoms with Crippen LogP contribution in [-0.2, 0) is 21.4 Å². The van der Waals surface area contributed by atoms with Gasteiger partial charge in [-0.2, -0.15) is 0 Å². The summed E-state index contributed by atoms with van der Waals surface area (Å²) in [6.07, 6.45) is 5.70. The van der Waals surface area contributed by atoms with Crippen molar-refractivity contribution in [3.63, 3.8) is 0 Å². The van der Waals surface area contributed by atoms with Crippen molar-refractivity contribution in [1.82, 2.24) is 9.80 Å². The van der Waals surface area contributed by atoms with E-state index in [4.69, 9.17) is 27.9 Å². The molecule has 4 unspecified atom stereocenters. The zero-order valence-corrected chi connectivity index (χ0v) is 24.9. The molecule has 0 bridgehead atoms. The number of aromatic hydroxyl groups is 1. The maximum Gasteiger partial charge on any atom is 0.227 e. The number of carbonyl (C=O) groups excluding carboxylic acids is 1. The normalized spacial score (nSPS) is 27.4. The van der Waals surface area contributed by atoms with Crippen molar-refractivity contribution < 1.29 is 14.6 Å². The molecule has 0 radical (unpaired) electrons. The number of phenolic OH excluding ortho intramolecular Hbond substituents is 1. The van der Waals surface area contributed by atoms with E-state index in [0.29, 0.717) is 34.2 Å². The molecule has 2 aromatic carbocycles. The van der Waals surface area contributed by atoms with Gasteiger partial charge in [0.05, 0.1) is 22.6 Å². The number of nitrogens with zero attached hydrogens (tertiary/aromatic N) is 2. The zero-order chi connectivity index (χ0) is 27.7. The molecule has 0 aromatic heterocycles. The summed E-state index contributed by atoms with van der Waals surface area (Å²) in [6.45, 7) is 8.23. The quantitative estimate of drug-likeness (QED) is 0.369. The minimum atomic E-state index is -0.165. The number of carbonyl (C=O) groups is 1. The summed E-state index contributed by atoms with van der Waals surface area (Å²) in [5, 5.41) is 11.5. The zero-order valence-electron chi connectivity index (χ0n) is 23.4. The van der Waals surface area contributed by atoms with Crippen molar-refractivity contribution in [2.45, 2.75) is 69.9 Å². The van der Waals surface area contributed by atoms with E-state index in [0.717, 1.165) is 43.8 Å². The van der Waals surface area contributed by atoms with Crippen LogP contribution >= 0.6 is 23.2 Å². The van der Waals surface area contributed by atoms with Crippen LogP contribution in [0, 0.1) is 17.8 Å². The first-order valence-electron chi connectivity index (χ1n) is 14.5. The number of methoxy groups -OCH3 is 1. The molecule has 3 aliphatic rings. The third kappa shape index (κ3) is 6.43. The maximum atomic E-state index is 13.9. The van der Waals surface area contributed by atoms with Crippen LogP contribution in [0.25, 0.3) is 0 Å². The number of ether oxygens (including phenoxy) is 1. The first-order valence-corrected chi connectivity index (χ1v) is 15.2. The molecular weight excluding hydrogens is 531 g/mol. The highest BCUT2D eigenvalue weighted by molar-refractivity contribution is 6.42. The van der Waals surface area contributed by atoms with Crippen LogP contribution in [0.4, 0.5) is 0 Å². The molecule has 2 aliphatic carbocycles. The van der Waals surface area contributed by atoms with Crippen LogP contribution in [0.3, 0.4) is 0 Å². The van der Waals surface area contributed by atoms with Gasteiger partial charge in [-0.3, -0.25) is 4.79 Å². The number of halogens is 2. The van der Waals surface area contributed by atoms with Gasteiger partial charge in [0.2, 0.25) is 5.91 Å². The molecule has 2 aromatic rings. The lowest BCUT2D eigenvalue weighted by molar-refractivity contribution is -0.140. The standard InChI is InChI=1S/C32H42Cl2N2O3/c1-21(2)18-36(31(38)14-23-9-10-28(33)29(34)13-23)25-16-30(39-3)27-20-35(19-22-7-8-22)12-11-32(27,17-25)24-5-4-6-26(37)15-24/h4-6,9-10,13,15,21-22,25,27,30,37H,7-8,11-12,14,16-20H2,1-3H3. The topological polar surface area (TPSA) is 53.0 Å². The summed E-state index contributed by atoms with van der Waals surface area (Å²) in [6, 6.07) is 13.3. The fraction of sp³-hybridized carbons (Fsp3) is 0.594. The van der Waals surface area contributed by atoms with Crippen LogP contribution < -0.4 is 0 Å². The highest BCUT2D eigenvalue weighted by Gasteiger charge is 2.54. The molecule has 3 fully saturated rings. The largest absolute Gasteiger partial charge is 0.508 e. The SMILES string of the molecule is COC1CC(N(CC(C)C)C(=O)Cc2ccc(Cl)c(Cl)c2)CC2(c3cccc(O)c3)CCN(CC3CC3)CC12. The van der Waals surface area contributed by atoms with Crippen molar-refractivity contribution in [1.29, 1.82) is 0 Å². The van der Waals surface area contributed by atoms with Gasteiger partial charge in [-0.1, -0.05) is 55.2 Å². The van der Waals surface area contributed by atoms with Gasteiger partial charge < -0.3 is 19.6 Å². The van der Waals surface area contributed by atoms with Gasteiger partial charge in [-0.05, 0) is 85.9 Å². The lowest BCUT2D eigenvalue weighted by Crippen LogP contribution is -2.62. The Morgan fingerprint density at radius 3 is 2.64 bits per heavy atom. The van der Waals surface area contributed by atoms with Crippen molar-refractivity contribution in [3.05, 3.63) is 63.6 Å². The monoisotopic (exact) mass is 572 g/mol. The molecule has 1 heterocycles. The van der Waals surface area contributed by atoms with Gasteiger partial charge in [-0.25, -0.2) is 0 Å². The Balaban J connectivity index is 1.47. The number of phenols is 1. The molecule has 5 nitrogen and oxygen atoms in total. The minimum Gasteiger partial charge on any atom is -0.508 e. The first-order chi connectivity index (χ1) is 18.7. The van der Waals surface area contributed by atoms with E-state index in [1.54, 1.807) is 18.2 Å². The molecule has 2 saturated carbocycles. The Morgan fingerprint density at radius 1 is 1.18 bits per heavy atom. The molecule has 212 valence electrons. The average Bonchev–Trinajstić information content (AvgIpc) is 3.72. The predicted molar refractivity (Wildman–Crippen MR) is 158 cm³/mol. The summed E-state index contributed by atoms with van der Waals surface area (Å²) < 4.78 is 6.26. The number of hydrogen-bond acceptors (Lipinski definition) is 4. The molecule has 0 spiro atoms. The van der Waals surface area contributed by atoms with Crippen LogP contribution in [0.5, 0.6) is 5.75 Å². The number of benzene rings is 2. The Morgan fingerprint density at radius 2 is 1.97 bits per heavy atom. The molecule has 4 atom stereocenters. The van der Waals surface area contributed by atoms with Gasteiger partial charge in [0.15, 0.2) is 0 Å². The number of piperidine rings is 1. The van der Waals surface area contributed by atoms with Crippen molar-refractivity contribution in [3.8, 4) is 5.75 Å². The number of likely N-dealkylation sites (tertiary alicyclic amines) is 1. The van der Waals surface area contributed by atoms with E-state index in [9.17, 15) is 9.90 Å². The molecule has 39 heavy (non-hydrogen) atoms. The molecule has 1 saturated heterocycles. The number of hydrogen-bond donors (Lipinski definition) is 1. The van der Waals surface area contributed by atoms with Crippen molar-refractivity contribution in [2.75, 3.05) is 33.3 Å². The molecule has 5 rings (SSSR count). The molecule has 1 N–H and O–H groups in total. The van der Waals surface area contributed by atoms with Gasteiger partial charge in [-0.15, -0.1) is 0 Å². The number of fused-ring (bicyclic) bond motifs is 1. The van der Waals surface area contributed by atoms with E-state index < -0.39 is 0 Å². The summed E-state index contributed by atoms with van der Waals surface area (Å²) >= 11 is 12.4. The number of rotatable bonds is 9. The Hall–Kier alpha value is -1.79. The maximum absolute atomic E-state index is 13.9. The smallest absolute Gasteiger partial charge is 0.227 e. The van der Waals surface area contributed by atoms with E-state index in [-0.39, 0.29) is 29.9 Å². The van der Waals surface area contributed by atoms with Crippen LogP contribution in [0.2, 0.25) is 10.0 Å². The average molecular weight is 574 g/mol. The van der Waals surface area contributed by atoms with Crippen LogP contribution in [0.1, 0.15) is 57.1 Å². The van der Waals surface area contributed by atoms with E-state index in [1.165, 1.54) is 24.9 Å². The molecule has 1 amide bonds. The fourth-order valence-electron chi connectivity index (χ4n) is 7.15. The second kappa shape index (κ2) is 12.0. The first kappa shape index (κ1) is 28.7. The second-order valence-corrected chi connectivity index (χ2v) is 13.3. The van der Waals surface area contributed by atoms with Crippen molar-refractivity contribution in [2.24, 2.45) is 17.8 Å². The summed E-state index contributed by atoms with van der Waals surface area (Å²) in [5.41, 5.74) is 1.88. The highest BCUT2D eigenvalue weighted by Crippen LogP contribution is 2.52. The molecule has 7 heteroatoms.